The molecule has 0 aromatic carbocycles. The van der Waals surface area contributed by atoms with Crippen LogP contribution in [0.2, 0.25) is 0 Å². The Morgan fingerprint density at radius 2 is 2.18 bits per heavy atom. The molecule has 1 atom stereocenters. The van der Waals surface area contributed by atoms with Gasteiger partial charge in [-0.25, -0.2) is 8.42 Å². The summed E-state index contributed by atoms with van der Waals surface area (Å²) in [4.78, 5) is 4.06. The lowest BCUT2D eigenvalue weighted by Crippen LogP contribution is -2.32. The molecule has 1 aliphatic heterocycles. The van der Waals surface area contributed by atoms with Gasteiger partial charge in [0.15, 0.2) is 0 Å². The van der Waals surface area contributed by atoms with Crippen LogP contribution >= 0.6 is 28.3 Å². The zero-order valence-electron chi connectivity index (χ0n) is 8.91. The van der Waals surface area contributed by atoms with E-state index in [0.717, 1.165) is 0 Å². The molecule has 2 heterocycles. The van der Waals surface area contributed by atoms with Gasteiger partial charge in [-0.3, -0.25) is 4.98 Å². The lowest BCUT2D eigenvalue weighted by molar-refractivity contribution is 0.472. The smallest absolute Gasteiger partial charge is 0.244 e. The van der Waals surface area contributed by atoms with Crippen LogP contribution < -0.4 is 5.73 Å². The van der Waals surface area contributed by atoms with E-state index in [1.807, 2.05) is 0 Å². The van der Waals surface area contributed by atoms with Crippen molar-refractivity contribution in [2.75, 3.05) is 13.1 Å². The summed E-state index contributed by atoms with van der Waals surface area (Å²) >= 11 is 3.20. The van der Waals surface area contributed by atoms with Gasteiger partial charge in [-0.1, -0.05) is 0 Å². The van der Waals surface area contributed by atoms with Gasteiger partial charge in [-0.05, 0) is 28.4 Å². The van der Waals surface area contributed by atoms with Crippen LogP contribution in [0.15, 0.2) is 27.8 Å². The number of pyridine rings is 1. The lowest BCUT2D eigenvalue weighted by atomic mass is 10.3. The molecule has 1 aromatic rings. The molecule has 0 bridgehead atoms. The summed E-state index contributed by atoms with van der Waals surface area (Å²) in [6.45, 7) is 0.866. The Hall–Kier alpha value is -0.210. The van der Waals surface area contributed by atoms with Crippen LogP contribution in [0, 0.1) is 0 Å². The maximum atomic E-state index is 12.1. The average Bonchev–Trinajstić information content (AvgIpc) is 2.65. The Bertz CT molecular complexity index is 497. The van der Waals surface area contributed by atoms with Crippen molar-refractivity contribution in [2.24, 2.45) is 5.73 Å². The number of nitrogens with two attached hydrogens (primary N) is 1. The molecule has 5 nitrogen and oxygen atoms in total. The predicted molar refractivity (Wildman–Crippen MR) is 70.5 cm³/mol. The summed E-state index contributed by atoms with van der Waals surface area (Å²) in [5, 5.41) is 0. The van der Waals surface area contributed by atoms with Gasteiger partial charge in [-0.15, -0.1) is 12.4 Å². The van der Waals surface area contributed by atoms with Crippen molar-refractivity contribution in [2.45, 2.75) is 17.4 Å². The molecule has 2 N–H and O–H groups in total. The number of halogens is 2. The highest BCUT2D eigenvalue weighted by Crippen LogP contribution is 2.21. The number of nitrogens with zero attached hydrogens (tertiary/aromatic N) is 2. The Morgan fingerprint density at radius 1 is 1.47 bits per heavy atom. The second kappa shape index (κ2) is 5.62. The molecule has 17 heavy (non-hydrogen) atoms. The normalized spacial score (nSPS) is 21.2. The van der Waals surface area contributed by atoms with Crippen molar-refractivity contribution >= 4 is 38.4 Å². The first-order valence-electron chi connectivity index (χ1n) is 4.86. The van der Waals surface area contributed by atoms with E-state index in [1.54, 1.807) is 12.3 Å². The molecular weight excluding hydrogens is 330 g/mol. The Balaban J connectivity index is 0.00000144. The van der Waals surface area contributed by atoms with Gasteiger partial charge >= 0.3 is 0 Å². The molecule has 0 amide bonds. The highest BCUT2D eigenvalue weighted by atomic mass is 79.9. The third-order valence-corrected chi connectivity index (χ3v) is 4.77. The average molecular weight is 343 g/mol. The maximum absolute atomic E-state index is 12.1. The first-order valence-corrected chi connectivity index (χ1v) is 7.10. The SMILES string of the molecule is Cl.N[C@H]1CCN(S(=O)(=O)c2cncc(Br)c2)C1. The van der Waals surface area contributed by atoms with Gasteiger partial charge in [0.1, 0.15) is 4.90 Å². The van der Waals surface area contributed by atoms with Crippen LogP contribution in [0.5, 0.6) is 0 Å². The van der Waals surface area contributed by atoms with E-state index in [0.29, 0.717) is 24.0 Å². The maximum Gasteiger partial charge on any atom is 0.244 e. The van der Waals surface area contributed by atoms with Crippen molar-refractivity contribution in [3.05, 3.63) is 22.9 Å². The van der Waals surface area contributed by atoms with Crippen LogP contribution in [0.4, 0.5) is 0 Å². The van der Waals surface area contributed by atoms with E-state index >= 15 is 0 Å². The second-order valence-electron chi connectivity index (χ2n) is 3.75. The van der Waals surface area contributed by atoms with Gasteiger partial charge in [0.2, 0.25) is 10.0 Å². The Labute approximate surface area is 115 Å². The van der Waals surface area contributed by atoms with Crippen molar-refractivity contribution in [3.8, 4) is 0 Å². The molecule has 1 fully saturated rings. The minimum atomic E-state index is -3.43. The number of hydrogen-bond donors (Lipinski definition) is 1. The van der Waals surface area contributed by atoms with E-state index in [2.05, 4.69) is 20.9 Å². The highest BCUT2D eigenvalue weighted by molar-refractivity contribution is 9.10. The zero-order valence-corrected chi connectivity index (χ0v) is 12.1. The summed E-state index contributed by atoms with van der Waals surface area (Å²) in [5.74, 6) is 0. The molecule has 0 aliphatic carbocycles. The van der Waals surface area contributed by atoms with Crippen molar-refractivity contribution < 1.29 is 8.42 Å². The van der Waals surface area contributed by atoms with E-state index < -0.39 is 10.0 Å². The highest BCUT2D eigenvalue weighted by Gasteiger charge is 2.31. The van der Waals surface area contributed by atoms with Gasteiger partial charge in [0.05, 0.1) is 0 Å². The summed E-state index contributed by atoms with van der Waals surface area (Å²) in [7, 11) is -3.43. The van der Waals surface area contributed by atoms with Crippen LogP contribution in [-0.2, 0) is 10.0 Å². The van der Waals surface area contributed by atoms with Crippen LogP contribution in [0.1, 0.15) is 6.42 Å². The third kappa shape index (κ3) is 3.17. The van der Waals surface area contributed by atoms with Gasteiger partial charge < -0.3 is 5.73 Å². The second-order valence-corrected chi connectivity index (χ2v) is 6.60. The quantitative estimate of drug-likeness (QED) is 0.869. The van der Waals surface area contributed by atoms with E-state index in [4.69, 9.17) is 5.73 Å². The van der Waals surface area contributed by atoms with Gasteiger partial charge in [0.25, 0.3) is 0 Å². The van der Waals surface area contributed by atoms with Crippen molar-refractivity contribution in [1.29, 1.82) is 0 Å². The van der Waals surface area contributed by atoms with Crippen LogP contribution in [-0.4, -0.2) is 36.8 Å². The van der Waals surface area contributed by atoms with E-state index in [-0.39, 0.29) is 23.3 Å². The fourth-order valence-corrected chi connectivity index (χ4v) is 3.67. The first kappa shape index (κ1) is 14.8. The van der Waals surface area contributed by atoms with Crippen LogP contribution in [0.3, 0.4) is 0 Å². The standard InChI is InChI=1S/C9H12BrN3O2S.ClH/c10-7-3-9(5-12-4-7)16(14,15)13-2-1-8(11)6-13;/h3-5,8H,1-2,6,11H2;1H/t8-;/m0./s1. The predicted octanol–water partition coefficient (Wildman–Crippen LogP) is 0.988. The molecule has 2 rings (SSSR count). The molecule has 0 radical (unpaired) electrons. The number of hydrogen-bond acceptors (Lipinski definition) is 4. The topological polar surface area (TPSA) is 76.3 Å². The molecule has 1 aliphatic rings. The number of aromatic nitrogens is 1. The van der Waals surface area contributed by atoms with Crippen LogP contribution in [0.25, 0.3) is 0 Å². The molecule has 1 aromatic heterocycles. The number of sulfonamides is 1. The molecule has 8 heteroatoms. The minimum absolute atomic E-state index is 0. The van der Waals surface area contributed by atoms with Gasteiger partial charge in [-0.2, -0.15) is 4.31 Å². The molecule has 96 valence electrons. The van der Waals surface area contributed by atoms with E-state index in [9.17, 15) is 8.42 Å². The summed E-state index contributed by atoms with van der Waals surface area (Å²) in [5.41, 5.74) is 5.70. The third-order valence-electron chi connectivity index (χ3n) is 2.51. The molecule has 0 spiro atoms. The monoisotopic (exact) mass is 341 g/mol. The first-order chi connectivity index (χ1) is 7.50. The summed E-state index contributed by atoms with van der Waals surface area (Å²) < 4.78 is 26.3. The minimum Gasteiger partial charge on any atom is -0.326 e. The number of rotatable bonds is 2. The van der Waals surface area contributed by atoms with Crippen molar-refractivity contribution in [3.63, 3.8) is 0 Å². The van der Waals surface area contributed by atoms with E-state index in [1.165, 1.54) is 10.5 Å². The fourth-order valence-electron chi connectivity index (χ4n) is 1.65. The Morgan fingerprint density at radius 3 is 2.71 bits per heavy atom. The zero-order chi connectivity index (χ0) is 11.8. The van der Waals surface area contributed by atoms with Crippen molar-refractivity contribution in [1.82, 2.24) is 9.29 Å². The lowest BCUT2D eigenvalue weighted by Gasteiger charge is -2.15. The summed E-state index contributed by atoms with van der Waals surface area (Å²) in [6.07, 6.45) is 3.61. The van der Waals surface area contributed by atoms with Gasteiger partial charge in [0, 0.05) is 36.0 Å². The molecule has 1 saturated heterocycles. The summed E-state index contributed by atoms with van der Waals surface area (Å²) in [6, 6.07) is 1.49. The molecular formula is C9H13BrClN3O2S. The fraction of sp³-hybridized carbons (Fsp3) is 0.444. The molecule has 0 saturated carbocycles. The largest absolute Gasteiger partial charge is 0.326 e. The molecule has 0 unspecified atom stereocenters. The Kier molecular flexibility index (Phi) is 4.91.